The molecule has 0 saturated carbocycles. The monoisotopic (exact) mass is 507 g/mol. The van der Waals surface area contributed by atoms with Crippen molar-refractivity contribution in [2.75, 3.05) is 32.2 Å². The third-order valence-corrected chi connectivity index (χ3v) is 7.01. The van der Waals surface area contributed by atoms with Gasteiger partial charge in [-0.1, -0.05) is 26.0 Å². The molecule has 2 atom stereocenters. The number of carboxylic acids is 1. The van der Waals surface area contributed by atoms with Gasteiger partial charge >= 0.3 is 5.97 Å². The van der Waals surface area contributed by atoms with Crippen molar-refractivity contribution in [1.82, 2.24) is 5.32 Å². The van der Waals surface area contributed by atoms with Crippen LogP contribution in [0.2, 0.25) is 0 Å². The SMILES string of the molecule is COCCNC(=O)c1ccc2c(c1)OCC[C@]2(C)[C@@H](C)C(=O)Nc1cc(C#N)ccc1CCCC(=O)O. The van der Waals surface area contributed by atoms with E-state index < -0.39 is 17.3 Å². The number of hydrogen-bond acceptors (Lipinski definition) is 6. The number of carboxylic acid groups (broad SMARTS) is 1. The molecule has 1 aliphatic rings. The van der Waals surface area contributed by atoms with Crippen molar-refractivity contribution in [1.29, 1.82) is 5.26 Å². The smallest absolute Gasteiger partial charge is 0.303 e. The molecule has 3 N–H and O–H groups in total. The molecule has 1 aliphatic heterocycles. The summed E-state index contributed by atoms with van der Waals surface area (Å²) in [6.45, 7) is 5.08. The summed E-state index contributed by atoms with van der Waals surface area (Å²) < 4.78 is 10.8. The van der Waals surface area contributed by atoms with Crippen molar-refractivity contribution >= 4 is 23.5 Å². The summed E-state index contributed by atoms with van der Waals surface area (Å²) in [6.07, 6.45) is 1.51. The van der Waals surface area contributed by atoms with E-state index in [0.717, 1.165) is 11.1 Å². The van der Waals surface area contributed by atoms with Crippen LogP contribution in [0.1, 0.15) is 60.2 Å². The number of nitrogens with one attached hydrogen (secondary N) is 2. The molecule has 0 fully saturated rings. The normalized spacial score (nSPS) is 17.0. The summed E-state index contributed by atoms with van der Waals surface area (Å²) >= 11 is 0. The Balaban J connectivity index is 1.81. The van der Waals surface area contributed by atoms with Gasteiger partial charge in [0.15, 0.2) is 0 Å². The zero-order valence-corrected chi connectivity index (χ0v) is 21.4. The second-order valence-electron chi connectivity index (χ2n) is 9.42. The lowest BCUT2D eigenvalue weighted by Crippen LogP contribution is -2.42. The van der Waals surface area contributed by atoms with E-state index in [1.165, 1.54) is 0 Å². The third kappa shape index (κ3) is 6.66. The third-order valence-electron chi connectivity index (χ3n) is 7.01. The Morgan fingerprint density at radius 3 is 2.73 bits per heavy atom. The second-order valence-corrected chi connectivity index (χ2v) is 9.42. The molecule has 0 aliphatic carbocycles. The minimum atomic E-state index is -0.880. The number of methoxy groups -OCH3 is 1. The number of carbonyl (C=O) groups is 3. The Morgan fingerprint density at radius 1 is 1.24 bits per heavy atom. The Labute approximate surface area is 216 Å². The predicted molar refractivity (Wildman–Crippen MR) is 138 cm³/mol. The summed E-state index contributed by atoms with van der Waals surface area (Å²) in [5.41, 5.74) is 2.46. The van der Waals surface area contributed by atoms with E-state index in [1.807, 2.05) is 19.9 Å². The highest BCUT2D eigenvalue weighted by Gasteiger charge is 2.42. The van der Waals surface area contributed by atoms with Crippen molar-refractivity contribution in [3.63, 3.8) is 0 Å². The Hall–Kier alpha value is -3.90. The maximum Gasteiger partial charge on any atom is 0.303 e. The van der Waals surface area contributed by atoms with E-state index in [0.29, 0.717) is 61.6 Å². The molecule has 9 nitrogen and oxygen atoms in total. The number of fused-ring (bicyclic) bond motifs is 1. The molecule has 37 heavy (non-hydrogen) atoms. The predicted octanol–water partition coefficient (Wildman–Crippen LogP) is 3.66. The molecule has 0 saturated heterocycles. The molecular formula is C28H33N3O6. The number of nitrogens with zero attached hydrogens (tertiary/aromatic N) is 1. The van der Waals surface area contributed by atoms with Crippen LogP contribution in [0, 0.1) is 17.2 Å². The van der Waals surface area contributed by atoms with E-state index in [4.69, 9.17) is 14.6 Å². The summed E-state index contributed by atoms with van der Waals surface area (Å²) in [5, 5.41) is 24.1. The van der Waals surface area contributed by atoms with Gasteiger partial charge in [-0.15, -0.1) is 0 Å². The molecule has 196 valence electrons. The van der Waals surface area contributed by atoms with Crippen LogP contribution in [0.5, 0.6) is 5.75 Å². The highest BCUT2D eigenvalue weighted by atomic mass is 16.5. The minimum absolute atomic E-state index is 0.0189. The van der Waals surface area contributed by atoms with E-state index in [1.54, 1.807) is 37.4 Å². The number of carbonyl (C=O) groups excluding carboxylic acids is 2. The average molecular weight is 508 g/mol. The van der Waals surface area contributed by atoms with Crippen LogP contribution in [0.4, 0.5) is 5.69 Å². The number of amides is 2. The fourth-order valence-corrected chi connectivity index (χ4v) is 4.52. The lowest BCUT2D eigenvalue weighted by molar-refractivity contribution is -0.137. The number of nitriles is 1. The molecule has 2 amide bonds. The molecule has 0 unspecified atom stereocenters. The first-order valence-electron chi connectivity index (χ1n) is 12.3. The summed E-state index contributed by atoms with van der Waals surface area (Å²) in [4.78, 5) is 36.9. The summed E-state index contributed by atoms with van der Waals surface area (Å²) in [5.74, 6) is -1.21. The van der Waals surface area contributed by atoms with Gasteiger partial charge in [0.25, 0.3) is 5.91 Å². The van der Waals surface area contributed by atoms with Gasteiger partial charge in [0.1, 0.15) is 5.75 Å². The van der Waals surface area contributed by atoms with Crippen molar-refractivity contribution < 1.29 is 29.0 Å². The van der Waals surface area contributed by atoms with Gasteiger partial charge in [-0.3, -0.25) is 14.4 Å². The van der Waals surface area contributed by atoms with E-state index >= 15 is 0 Å². The van der Waals surface area contributed by atoms with Gasteiger partial charge < -0.3 is 25.2 Å². The fourth-order valence-electron chi connectivity index (χ4n) is 4.52. The van der Waals surface area contributed by atoms with Crippen molar-refractivity contribution in [2.45, 2.75) is 44.9 Å². The molecule has 3 rings (SSSR count). The van der Waals surface area contributed by atoms with E-state index in [2.05, 4.69) is 16.7 Å². The number of hydrogen-bond donors (Lipinski definition) is 3. The summed E-state index contributed by atoms with van der Waals surface area (Å²) in [6, 6.07) is 12.4. The highest BCUT2D eigenvalue weighted by molar-refractivity contribution is 5.96. The standard InChI is InChI=1S/C28H33N3O6/c1-18(26(34)31-23-15-19(17-29)7-8-20(23)5-4-6-25(32)33)28(2)11-13-37-24-16-21(9-10-22(24)28)27(35)30-12-14-36-3/h7-10,15-16,18H,4-6,11-14H2,1-3H3,(H,30,35)(H,31,34)(H,32,33)/t18-,28+/m0/s1. The van der Waals surface area contributed by atoms with Gasteiger partial charge in [0.2, 0.25) is 5.91 Å². The van der Waals surface area contributed by atoms with E-state index in [9.17, 15) is 19.6 Å². The van der Waals surface area contributed by atoms with Crippen LogP contribution in [0.25, 0.3) is 0 Å². The van der Waals surface area contributed by atoms with Crippen LogP contribution < -0.4 is 15.4 Å². The van der Waals surface area contributed by atoms with Crippen molar-refractivity contribution in [2.24, 2.45) is 5.92 Å². The lowest BCUT2D eigenvalue weighted by Gasteiger charge is -2.40. The number of anilines is 1. The number of ether oxygens (including phenoxy) is 2. The molecule has 9 heteroatoms. The van der Waals surface area contributed by atoms with E-state index in [-0.39, 0.29) is 18.2 Å². The second kappa shape index (κ2) is 12.4. The Morgan fingerprint density at radius 2 is 2.03 bits per heavy atom. The molecule has 0 bridgehead atoms. The van der Waals surface area contributed by atoms with Crippen molar-refractivity contribution in [3.05, 3.63) is 58.7 Å². The lowest BCUT2D eigenvalue weighted by atomic mass is 9.68. The maximum absolute atomic E-state index is 13.5. The van der Waals surface area contributed by atoms with Crippen LogP contribution in [-0.2, 0) is 26.2 Å². The fraction of sp³-hybridized carbons (Fsp3) is 0.429. The van der Waals surface area contributed by atoms with Crippen LogP contribution >= 0.6 is 0 Å². The zero-order valence-electron chi connectivity index (χ0n) is 21.4. The van der Waals surface area contributed by atoms with Gasteiger partial charge in [-0.2, -0.15) is 5.26 Å². The number of aryl methyl sites for hydroxylation is 1. The molecule has 2 aromatic carbocycles. The van der Waals surface area contributed by atoms with Gasteiger partial charge in [-0.05, 0) is 49.1 Å². The first-order chi connectivity index (χ1) is 17.7. The number of benzene rings is 2. The highest BCUT2D eigenvalue weighted by Crippen LogP contribution is 2.44. The van der Waals surface area contributed by atoms with Crippen LogP contribution in [-0.4, -0.2) is 49.8 Å². The average Bonchev–Trinajstić information content (AvgIpc) is 2.88. The first-order valence-corrected chi connectivity index (χ1v) is 12.3. The molecule has 0 aromatic heterocycles. The van der Waals surface area contributed by atoms with Crippen LogP contribution in [0.15, 0.2) is 36.4 Å². The maximum atomic E-state index is 13.5. The molecule has 2 aromatic rings. The summed E-state index contributed by atoms with van der Waals surface area (Å²) in [7, 11) is 1.57. The van der Waals surface area contributed by atoms with Crippen molar-refractivity contribution in [3.8, 4) is 11.8 Å². The van der Waals surface area contributed by atoms with Gasteiger partial charge in [-0.25, -0.2) is 0 Å². The quantitative estimate of drug-likeness (QED) is 0.395. The largest absolute Gasteiger partial charge is 0.493 e. The van der Waals surface area contributed by atoms with Gasteiger partial charge in [0.05, 0.1) is 24.8 Å². The molecule has 0 radical (unpaired) electrons. The molecule has 1 heterocycles. The molecular weight excluding hydrogens is 474 g/mol. The minimum Gasteiger partial charge on any atom is -0.493 e. The number of rotatable bonds is 11. The zero-order chi connectivity index (χ0) is 27.0. The number of aliphatic carboxylic acids is 1. The first kappa shape index (κ1) is 27.7. The molecule has 0 spiro atoms. The van der Waals surface area contributed by atoms with Gasteiger partial charge in [0, 0.05) is 48.2 Å². The Bertz CT molecular complexity index is 1200. The van der Waals surface area contributed by atoms with Crippen LogP contribution in [0.3, 0.4) is 0 Å². The Kier molecular flexibility index (Phi) is 9.25. The topological polar surface area (TPSA) is 138 Å².